The number of rotatable bonds is 9. The van der Waals surface area contributed by atoms with Crippen LogP contribution in [-0.2, 0) is 9.53 Å². The molecule has 1 aromatic rings. The standard InChI is InChI=1S/C18H24Cl2F3N3O2/c19-14-2-3-15(20)16(12-14)24-17(27)4-6-26-9-7-25(8-10-26)5-1-11-28-13-18(21,22)23/h2-3,12H,1,4-11,13H2,(H,24,27). The summed E-state index contributed by atoms with van der Waals surface area (Å²) in [5.41, 5.74) is 0.497. The molecule has 1 saturated heterocycles. The molecule has 0 spiro atoms. The summed E-state index contributed by atoms with van der Waals surface area (Å²) in [5, 5.41) is 3.70. The molecule has 0 radical (unpaired) electrons. The van der Waals surface area contributed by atoms with Gasteiger partial charge in [-0.2, -0.15) is 13.2 Å². The average molecular weight is 442 g/mol. The summed E-state index contributed by atoms with van der Waals surface area (Å²) in [6.07, 6.45) is -3.36. The Hall–Kier alpha value is -1.06. The number of benzene rings is 1. The molecule has 0 bridgehead atoms. The Bertz CT molecular complexity index is 639. The first-order chi connectivity index (χ1) is 13.2. The molecule has 0 unspecified atom stereocenters. The fraction of sp³-hybridized carbons (Fsp3) is 0.611. The van der Waals surface area contributed by atoms with E-state index in [4.69, 9.17) is 23.2 Å². The lowest BCUT2D eigenvalue weighted by Crippen LogP contribution is -2.47. The van der Waals surface area contributed by atoms with Crippen LogP contribution in [0.2, 0.25) is 10.0 Å². The molecule has 10 heteroatoms. The molecule has 1 fully saturated rings. The zero-order chi connectivity index (χ0) is 20.6. The highest BCUT2D eigenvalue weighted by Gasteiger charge is 2.27. The van der Waals surface area contributed by atoms with Crippen molar-refractivity contribution in [1.29, 1.82) is 0 Å². The van der Waals surface area contributed by atoms with Crippen LogP contribution in [0.5, 0.6) is 0 Å². The molecule has 1 aromatic carbocycles. The number of amides is 1. The summed E-state index contributed by atoms with van der Waals surface area (Å²) in [5.74, 6) is -0.131. The fourth-order valence-electron chi connectivity index (χ4n) is 2.88. The van der Waals surface area contributed by atoms with Gasteiger partial charge in [-0.25, -0.2) is 0 Å². The first-order valence-electron chi connectivity index (χ1n) is 9.07. The van der Waals surface area contributed by atoms with E-state index in [1.165, 1.54) is 0 Å². The number of hydrogen-bond acceptors (Lipinski definition) is 4. The summed E-state index contributed by atoms with van der Waals surface area (Å²) >= 11 is 11.9. The Labute approximate surface area is 172 Å². The summed E-state index contributed by atoms with van der Waals surface area (Å²) in [7, 11) is 0. The van der Waals surface area contributed by atoms with Gasteiger partial charge in [0.25, 0.3) is 0 Å². The Morgan fingerprint density at radius 2 is 1.75 bits per heavy atom. The summed E-state index contributed by atoms with van der Waals surface area (Å²) in [6, 6.07) is 4.90. The Kier molecular flexibility index (Phi) is 9.30. The Morgan fingerprint density at radius 1 is 1.11 bits per heavy atom. The van der Waals surface area contributed by atoms with E-state index in [-0.39, 0.29) is 12.5 Å². The number of nitrogens with one attached hydrogen (secondary N) is 1. The Balaban J connectivity index is 1.58. The molecule has 1 heterocycles. The van der Waals surface area contributed by atoms with Crippen molar-refractivity contribution in [3.05, 3.63) is 28.2 Å². The molecule has 0 saturated carbocycles. The van der Waals surface area contributed by atoms with Crippen molar-refractivity contribution in [3.63, 3.8) is 0 Å². The molecule has 0 aliphatic carbocycles. The molecule has 1 aliphatic heterocycles. The molecule has 5 nitrogen and oxygen atoms in total. The lowest BCUT2D eigenvalue weighted by atomic mass is 10.2. The quantitative estimate of drug-likeness (QED) is 0.590. The van der Waals surface area contributed by atoms with E-state index in [9.17, 15) is 18.0 Å². The van der Waals surface area contributed by atoms with E-state index < -0.39 is 12.8 Å². The highest BCUT2D eigenvalue weighted by atomic mass is 35.5. The molecular formula is C18H24Cl2F3N3O2. The van der Waals surface area contributed by atoms with Gasteiger partial charge < -0.3 is 19.9 Å². The topological polar surface area (TPSA) is 44.8 Å². The zero-order valence-corrected chi connectivity index (χ0v) is 16.9. The zero-order valence-electron chi connectivity index (χ0n) is 15.4. The lowest BCUT2D eigenvalue weighted by Gasteiger charge is -2.34. The molecule has 0 aromatic heterocycles. The maximum Gasteiger partial charge on any atom is 0.411 e. The fourth-order valence-corrected chi connectivity index (χ4v) is 3.22. The highest BCUT2D eigenvalue weighted by molar-refractivity contribution is 6.35. The van der Waals surface area contributed by atoms with Gasteiger partial charge in [-0.15, -0.1) is 0 Å². The monoisotopic (exact) mass is 441 g/mol. The van der Waals surface area contributed by atoms with Crippen LogP contribution in [0, 0.1) is 0 Å². The minimum absolute atomic E-state index is 0.103. The van der Waals surface area contributed by atoms with Crippen molar-refractivity contribution < 1.29 is 22.7 Å². The summed E-state index contributed by atoms with van der Waals surface area (Å²) in [6.45, 7) is 3.52. The lowest BCUT2D eigenvalue weighted by molar-refractivity contribution is -0.174. The van der Waals surface area contributed by atoms with Crippen LogP contribution in [0.4, 0.5) is 18.9 Å². The number of hydrogen-bond donors (Lipinski definition) is 1. The van der Waals surface area contributed by atoms with Crippen LogP contribution < -0.4 is 5.32 Å². The van der Waals surface area contributed by atoms with Crippen LogP contribution in [0.25, 0.3) is 0 Å². The van der Waals surface area contributed by atoms with Crippen molar-refractivity contribution in [2.75, 3.05) is 57.8 Å². The van der Waals surface area contributed by atoms with Crippen molar-refractivity contribution in [1.82, 2.24) is 9.80 Å². The second-order valence-corrected chi connectivity index (χ2v) is 7.47. The number of carbonyl (C=O) groups excluding carboxylic acids is 1. The molecule has 0 atom stereocenters. The Morgan fingerprint density at radius 3 is 2.39 bits per heavy atom. The van der Waals surface area contributed by atoms with Gasteiger partial charge in [-0.05, 0) is 24.6 Å². The normalized spacial score (nSPS) is 16.3. The number of halogens is 5. The molecule has 1 aliphatic rings. The summed E-state index contributed by atoms with van der Waals surface area (Å²) in [4.78, 5) is 16.5. The maximum absolute atomic E-state index is 12.1. The van der Waals surface area contributed by atoms with Crippen LogP contribution in [0.3, 0.4) is 0 Å². The van der Waals surface area contributed by atoms with Crippen LogP contribution in [0.1, 0.15) is 12.8 Å². The van der Waals surface area contributed by atoms with Gasteiger partial charge in [-0.3, -0.25) is 4.79 Å². The van der Waals surface area contributed by atoms with Crippen LogP contribution in [-0.4, -0.2) is 74.4 Å². The number of nitrogens with zero attached hydrogens (tertiary/aromatic N) is 2. The van der Waals surface area contributed by atoms with Crippen molar-refractivity contribution in [3.8, 4) is 0 Å². The minimum atomic E-state index is -4.27. The number of piperazine rings is 1. The predicted octanol–water partition coefficient (Wildman–Crippen LogP) is 3.91. The SMILES string of the molecule is O=C(CCN1CCN(CCCOCC(F)(F)F)CC1)Nc1cc(Cl)ccc1Cl. The molecule has 2 rings (SSSR count). The van der Waals surface area contributed by atoms with Gasteiger partial charge in [0.15, 0.2) is 0 Å². The first kappa shape index (κ1) is 23.2. The third kappa shape index (κ3) is 8.96. The van der Waals surface area contributed by atoms with Gasteiger partial charge in [0.1, 0.15) is 6.61 Å². The van der Waals surface area contributed by atoms with Gasteiger partial charge in [-0.1, -0.05) is 23.2 Å². The predicted molar refractivity (Wildman–Crippen MR) is 104 cm³/mol. The molecule has 158 valence electrons. The van der Waals surface area contributed by atoms with E-state index in [2.05, 4.69) is 19.9 Å². The number of ether oxygens (including phenoxy) is 1. The third-order valence-electron chi connectivity index (χ3n) is 4.35. The molecular weight excluding hydrogens is 418 g/mol. The van der Waals surface area contributed by atoms with Crippen LogP contribution >= 0.6 is 23.2 Å². The van der Waals surface area contributed by atoms with Gasteiger partial charge in [0, 0.05) is 57.3 Å². The van der Waals surface area contributed by atoms with Crippen molar-refractivity contribution in [2.24, 2.45) is 0 Å². The van der Waals surface area contributed by atoms with E-state index in [1.54, 1.807) is 18.2 Å². The van der Waals surface area contributed by atoms with Crippen molar-refractivity contribution in [2.45, 2.75) is 19.0 Å². The number of anilines is 1. The van der Waals surface area contributed by atoms with Gasteiger partial charge in [0.2, 0.25) is 5.91 Å². The molecule has 1 amide bonds. The maximum atomic E-state index is 12.1. The van der Waals surface area contributed by atoms with Crippen LogP contribution in [0.15, 0.2) is 18.2 Å². The third-order valence-corrected chi connectivity index (χ3v) is 4.92. The van der Waals surface area contributed by atoms with Crippen molar-refractivity contribution >= 4 is 34.8 Å². The van der Waals surface area contributed by atoms with Gasteiger partial charge in [0.05, 0.1) is 10.7 Å². The average Bonchev–Trinajstić information content (AvgIpc) is 2.63. The highest BCUT2D eigenvalue weighted by Crippen LogP contribution is 2.25. The molecule has 1 N–H and O–H groups in total. The summed E-state index contributed by atoms with van der Waals surface area (Å²) < 4.78 is 40.6. The minimum Gasteiger partial charge on any atom is -0.372 e. The van der Waals surface area contributed by atoms with Gasteiger partial charge >= 0.3 is 6.18 Å². The largest absolute Gasteiger partial charge is 0.411 e. The van der Waals surface area contributed by atoms with E-state index in [0.29, 0.717) is 41.7 Å². The molecule has 28 heavy (non-hydrogen) atoms. The second-order valence-electron chi connectivity index (χ2n) is 6.63. The second kappa shape index (κ2) is 11.2. The number of carbonyl (C=O) groups is 1. The smallest absolute Gasteiger partial charge is 0.372 e. The number of alkyl halides is 3. The van der Waals surface area contributed by atoms with E-state index in [0.717, 1.165) is 26.2 Å². The van der Waals surface area contributed by atoms with E-state index in [1.807, 2.05) is 0 Å². The first-order valence-corrected chi connectivity index (χ1v) is 9.82. The van der Waals surface area contributed by atoms with E-state index >= 15 is 0 Å².